The Labute approximate surface area is 178 Å². The van der Waals surface area contributed by atoms with Gasteiger partial charge in [-0.2, -0.15) is 5.10 Å². The molecule has 1 aliphatic carbocycles. The maximum Gasteiger partial charge on any atom is 0.256 e. The molecular formula is C22H20N6OS. The van der Waals surface area contributed by atoms with Crippen molar-refractivity contribution in [2.24, 2.45) is 7.05 Å². The minimum absolute atomic E-state index is 0.166. The smallest absolute Gasteiger partial charge is 0.256 e. The monoisotopic (exact) mass is 416 g/mol. The van der Waals surface area contributed by atoms with E-state index in [2.05, 4.69) is 20.4 Å². The van der Waals surface area contributed by atoms with E-state index < -0.39 is 0 Å². The third-order valence-electron chi connectivity index (χ3n) is 5.07. The summed E-state index contributed by atoms with van der Waals surface area (Å²) in [7, 11) is 1.87. The molecule has 1 N–H and O–H groups in total. The van der Waals surface area contributed by atoms with Crippen molar-refractivity contribution in [2.75, 3.05) is 5.32 Å². The molecule has 1 saturated carbocycles. The van der Waals surface area contributed by atoms with E-state index in [9.17, 15) is 4.79 Å². The molecule has 0 atom stereocenters. The lowest BCUT2D eigenvalue weighted by Crippen LogP contribution is -2.14. The van der Waals surface area contributed by atoms with Gasteiger partial charge in [-0.15, -0.1) is 0 Å². The highest BCUT2D eigenvalue weighted by Crippen LogP contribution is 2.40. The number of fused-ring (bicyclic) bond motifs is 1. The van der Waals surface area contributed by atoms with Crippen LogP contribution in [0.2, 0.25) is 0 Å². The van der Waals surface area contributed by atoms with E-state index in [1.54, 1.807) is 23.1 Å². The number of nitrogens with zero attached hydrogens (tertiary/aromatic N) is 5. The van der Waals surface area contributed by atoms with Crippen LogP contribution in [0.15, 0.2) is 58.8 Å². The molecule has 0 bridgehead atoms. The maximum absolute atomic E-state index is 13.2. The van der Waals surface area contributed by atoms with Gasteiger partial charge in [-0.25, -0.2) is 15.0 Å². The Kier molecular flexibility index (Phi) is 4.71. The first-order valence-electron chi connectivity index (χ1n) is 9.79. The zero-order chi connectivity index (χ0) is 20.7. The molecule has 0 saturated heterocycles. The highest BCUT2D eigenvalue weighted by atomic mass is 32.2. The highest BCUT2D eigenvalue weighted by molar-refractivity contribution is 7.99. The molecule has 4 aromatic rings. The number of carbonyl (C=O) groups excluding carboxylic acids is 1. The van der Waals surface area contributed by atoms with Crippen LogP contribution in [0, 0.1) is 6.92 Å². The molecule has 1 fully saturated rings. The Morgan fingerprint density at radius 3 is 2.73 bits per heavy atom. The van der Waals surface area contributed by atoms with Crippen LogP contribution < -0.4 is 5.32 Å². The number of hydrogen-bond acceptors (Lipinski definition) is 6. The molecule has 150 valence electrons. The van der Waals surface area contributed by atoms with Crippen molar-refractivity contribution >= 4 is 34.4 Å². The van der Waals surface area contributed by atoms with Gasteiger partial charge >= 0.3 is 0 Å². The van der Waals surface area contributed by atoms with Crippen LogP contribution in [0.25, 0.3) is 11.0 Å². The van der Waals surface area contributed by atoms with Gasteiger partial charge in [-0.3, -0.25) is 9.48 Å². The summed E-state index contributed by atoms with van der Waals surface area (Å²) < 4.78 is 1.75. The molecular weight excluding hydrogens is 396 g/mol. The molecule has 1 amide bonds. The molecule has 7 nitrogen and oxygen atoms in total. The number of carbonyl (C=O) groups is 1. The Bertz CT molecular complexity index is 1250. The first-order valence-corrected chi connectivity index (χ1v) is 10.6. The normalized spacial score (nSPS) is 13.5. The zero-order valence-corrected chi connectivity index (χ0v) is 17.5. The van der Waals surface area contributed by atoms with Gasteiger partial charge in [0.1, 0.15) is 10.1 Å². The van der Waals surface area contributed by atoms with Crippen molar-refractivity contribution < 1.29 is 4.79 Å². The maximum atomic E-state index is 13.2. The molecule has 0 spiro atoms. The number of anilines is 1. The fraction of sp³-hybridized carbons (Fsp3) is 0.227. The SMILES string of the molecule is Cc1nn(C)c2nc(C3CC3)cc(C(=O)Nc3ccnc(Sc4ccccn4)c3)c12. The Morgan fingerprint density at radius 1 is 1.13 bits per heavy atom. The van der Waals surface area contributed by atoms with E-state index in [1.807, 2.05) is 44.3 Å². The summed E-state index contributed by atoms with van der Waals surface area (Å²) >= 11 is 1.45. The first-order chi connectivity index (χ1) is 14.6. The lowest BCUT2D eigenvalue weighted by Gasteiger charge is -2.10. The average Bonchev–Trinajstić information content (AvgIpc) is 3.55. The van der Waals surface area contributed by atoms with Gasteiger partial charge in [-0.1, -0.05) is 17.8 Å². The number of amides is 1. The summed E-state index contributed by atoms with van der Waals surface area (Å²) in [5.74, 6) is 0.277. The summed E-state index contributed by atoms with van der Waals surface area (Å²) in [6, 6.07) is 11.3. The predicted molar refractivity (Wildman–Crippen MR) is 116 cm³/mol. The van der Waals surface area contributed by atoms with Crippen LogP contribution in [0.5, 0.6) is 0 Å². The molecule has 0 unspecified atom stereocenters. The average molecular weight is 417 g/mol. The molecule has 4 aromatic heterocycles. The third-order valence-corrected chi connectivity index (χ3v) is 5.95. The number of pyridine rings is 3. The minimum Gasteiger partial charge on any atom is -0.322 e. The molecule has 30 heavy (non-hydrogen) atoms. The number of rotatable bonds is 5. The highest BCUT2D eigenvalue weighted by Gasteiger charge is 2.28. The van der Waals surface area contributed by atoms with Crippen molar-refractivity contribution in [2.45, 2.75) is 35.7 Å². The summed E-state index contributed by atoms with van der Waals surface area (Å²) in [5.41, 5.74) is 3.82. The molecule has 0 radical (unpaired) electrons. The van der Waals surface area contributed by atoms with Crippen LogP contribution in [-0.4, -0.2) is 30.6 Å². The van der Waals surface area contributed by atoms with Crippen LogP contribution in [-0.2, 0) is 7.05 Å². The number of nitrogens with one attached hydrogen (secondary N) is 1. The van der Waals surface area contributed by atoms with Gasteiger partial charge in [-0.05, 0) is 50.1 Å². The van der Waals surface area contributed by atoms with Crippen molar-refractivity contribution in [1.29, 1.82) is 0 Å². The number of hydrogen-bond donors (Lipinski definition) is 1. The van der Waals surface area contributed by atoms with E-state index in [4.69, 9.17) is 4.98 Å². The van der Waals surface area contributed by atoms with Gasteiger partial charge < -0.3 is 5.32 Å². The van der Waals surface area contributed by atoms with E-state index in [-0.39, 0.29) is 5.91 Å². The summed E-state index contributed by atoms with van der Waals surface area (Å²) in [5, 5.41) is 9.92. The summed E-state index contributed by atoms with van der Waals surface area (Å²) in [6.07, 6.45) is 5.67. The minimum atomic E-state index is -0.166. The second-order valence-corrected chi connectivity index (χ2v) is 8.42. The number of aromatic nitrogens is 5. The Balaban J connectivity index is 1.46. The fourth-order valence-corrected chi connectivity index (χ4v) is 4.26. The van der Waals surface area contributed by atoms with Crippen LogP contribution in [0.3, 0.4) is 0 Å². The number of aryl methyl sites for hydroxylation is 2. The van der Waals surface area contributed by atoms with E-state index >= 15 is 0 Å². The van der Waals surface area contributed by atoms with Crippen LogP contribution in [0.1, 0.15) is 40.5 Å². The first kappa shape index (κ1) is 18.7. The van der Waals surface area contributed by atoms with E-state index in [0.29, 0.717) is 17.2 Å². The molecule has 8 heteroatoms. The zero-order valence-electron chi connectivity index (χ0n) is 16.7. The molecule has 0 aliphatic heterocycles. The van der Waals surface area contributed by atoms with Gasteiger partial charge in [0.15, 0.2) is 5.65 Å². The topological polar surface area (TPSA) is 85.6 Å². The quantitative estimate of drug-likeness (QED) is 0.521. The molecule has 1 aliphatic rings. The molecule has 4 heterocycles. The second kappa shape index (κ2) is 7.53. The fourth-order valence-electron chi connectivity index (χ4n) is 3.49. The predicted octanol–water partition coefficient (Wildman–Crippen LogP) is 4.35. The largest absolute Gasteiger partial charge is 0.322 e. The van der Waals surface area contributed by atoms with Crippen LogP contribution >= 0.6 is 11.8 Å². The summed E-state index contributed by atoms with van der Waals surface area (Å²) in [6.45, 7) is 1.91. The van der Waals surface area contributed by atoms with Crippen molar-refractivity contribution in [1.82, 2.24) is 24.7 Å². The lowest BCUT2D eigenvalue weighted by molar-refractivity contribution is 0.102. The van der Waals surface area contributed by atoms with Gasteiger partial charge in [0.05, 0.1) is 16.6 Å². The Morgan fingerprint density at radius 2 is 1.97 bits per heavy atom. The van der Waals surface area contributed by atoms with Crippen LogP contribution in [0.4, 0.5) is 5.69 Å². The van der Waals surface area contributed by atoms with E-state index in [1.165, 1.54) is 11.8 Å². The lowest BCUT2D eigenvalue weighted by atomic mass is 10.1. The van der Waals surface area contributed by atoms with Crippen molar-refractivity contribution in [3.8, 4) is 0 Å². The molecule has 5 rings (SSSR count). The molecule has 0 aromatic carbocycles. The third kappa shape index (κ3) is 3.66. The van der Waals surface area contributed by atoms with E-state index in [0.717, 1.165) is 45.3 Å². The second-order valence-electron chi connectivity index (χ2n) is 7.38. The standard InChI is InChI=1S/C22H20N6OS/c1-13-20-16(12-17(14-6-7-14)26-21(20)28(2)27-13)22(29)25-15-8-10-24-19(11-15)30-18-5-3-4-9-23-18/h3-5,8-12,14H,6-7H2,1-2H3,(H,24,25,29). The summed E-state index contributed by atoms with van der Waals surface area (Å²) in [4.78, 5) is 26.7. The van der Waals surface area contributed by atoms with Gasteiger partial charge in [0.2, 0.25) is 0 Å². The van der Waals surface area contributed by atoms with Crippen molar-refractivity contribution in [3.63, 3.8) is 0 Å². The van der Waals surface area contributed by atoms with Gasteiger partial charge in [0.25, 0.3) is 5.91 Å². The van der Waals surface area contributed by atoms with Crippen molar-refractivity contribution in [3.05, 3.63) is 65.7 Å². The Hall–Kier alpha value is -3.26. The van der Waals surface area contributed by atoms with Gasteiger partial charge in [0, 0.05) is 36.7 Å².